The summed E-state index contributed by atoms with van der Waals surface area (Å²) in [6.45, 7) is 5.91. The van der Waals surface area contributed by atoms with Crippen molar-refractivity contribution in [3.8, 4) is 0 Å². The second-order valence-electron chi connectivity index (χ2n) is 6.07. The SMILES string of the molecule is Cc1cc(C)c(C2=C([O-])C3(CCCC3)OC2=O)c(C)c1.[Na+]. The van der Waals surface area contributed by atoms with Gasteiger partial charge in [0.15, 0.2) is 0 Å². The molecule has 0 radical (unpaired) electrons. The van der Waals surface area contributed by atoms with Gasteiger partial charge in [-0.1, -0.05) is 23.5 Å². The molecule has 1 fully saturated rings. The monoisotopic (exact) mass is 294 g/mol. The van der Waals surface area contributed by atoms with Gasteiger partial charge in [0.1, 0.15) is 5.60 Å². The summed E-state index contributed by atoms with van der Waals surface area (Å²) in [7, 11) is 0. The Balaban J connectivity index is 0.00000161. The molecule has 1 spiro atoms. The zero-order valence-electron chi connectivity index (χ0n) is 13.2. The molecule has 21 heavy (non-hydrogen) atoms. The van der Waals surface area contributed by atoms with E-state index in [-0.39, 0.29) is 40.9 Å². The van der Waals surface area contributed by atoms with Crippen LogP contribution < -0.4 is 34.7 Å². The number of carbonyl (C=O) groups excluding carboxylic acids is 1. The van der Waals surface area contributed by atoms with Crippen LogP contribution in [0, 0.1) is 20.8 Å². The van der Waals surface area contributed by atoms with Gasteiger partial charge in [0.25, 0.3) is 0 Å². The Morgan fingerprint density at radius 1 is 1.10 bits per heavy atom. The number of carbonyl (C=O) groups is 1. The smallest absolute Gasteiger partial charge is 0.872 e. The predicted octanol–water partition coefficient (Wildman–Crippen LogP) is -0.443. The maximum Gasteiger partial charge on any atom is 1.00 e. The van der Waals surface area contributed by atoms with E-state index in [1.807, 2.05) is 32.9 Å². The standard InChI is InChI=1S/C17H20O3.Na/c1-10-8-11(2)13(12(3)9-10)14-15(18)17(20-16(14)19)6-4-5-7-17;/h8-9,18H,4-7H2,1-3H3;/q;+1/p-1. The Morgan fingerprint density at radius 3 is 2.14 bits per heavy atom. The van der Waals surface area contributed by atoms with E-state index in [9.17, 15) is 9.90 Å². The van der Waals surface area contributed by atoms with Crippen LogP contribution in [0.5, 0.6) is 0 Å². The summed E-state index contributed by atoms with van der Waals surface area (Å²) in [5.74, 6) is -0.540. The van der Waals surface area contributed by atoms with Crippen LogP contribution in [-0.2, 0) is 9.53 Å². The van der Waals surface area contributed by atoms with E-state index in [1.54, 1.807) is 0 Å². The van der Waals surface area contributed by atoms with E-state index < -0.39 is 11.6 Å². The number of hydrogen-bond donors (Lipinski definition) is 0. The molecule has 0 N–H and O–H groups in total. The van der Waals surface area contributed by atoms with Gasteiger partial charge in [-0.15, -0.1) is 0 Å². The van der Waals surface area contributed by atoms with Gasteiger partial charge >= 0.3 is 35.5 Å². The minimum atomic E-state index is -0.851. The maximum atomic E-state index is 12.7. The Morgan fingerprint density at radius 2 is 1.62 bits per heavy atom. The Kier molecular flexibility index (Phi) is 4.57. The van der Waals surface area contributed by atoms with Crippen molar-refractivity contribution in [3.63, 3.8) is 0 Å². The molecular formula is C17H19NaO3. The van der Waals surface area contributed by atoms with Gasteiger partial charge in [-0.25, -0.2) is 4.79 Å². The van der Waals surface area contributed by atoms with Crippen LogP contribution in [0.2, 0.25) is 0 Å². The molecule has 0 unspecified atom stereocenters. The third-order valence-electron chi connectivity index (χ3n) is 4.47. The summed E-state index contributed by atoms with van der Waals surface area (Å²) in [5.41, 5.74) is 3.27. The third-order valence-corrected chi connectivity index (χ3v) is 4.47. The molecule has 3 rings (SSSR count). The van der Waals surface area contributed by atoms with Crippen LogP contribution >= 0.6 is 0 Å². The minimum Gasteiger partial charge on any atom is -0.872 e. The second kappa shape index (κ2) is 5.79. The fourth-order valence-electron chi connectivity index (χ4n) is 3.66. The molecule has 4 heteroatoms. The van der Waals surface area contributed by atoms with E-state index in [0.29, 0.717) is 12.8 Å². The second-order valence-corrected chi connectivity index (χ2v) is 6.07. The summed E-state index contributed by atoms with van der Waals surface area (Å²) < 4.78 is 5.50. The summed E-state index contributed by atoms with van der Waals surface area (Å²) in [5, 5.41) is 12.7. The summed E-state index contributed by atoms with van der Waals surface area (Å²) in [6.07, 6.45) is 3.26. The molecule has 0 amide bonds. The number of hydrogen-bond acceptors (Lipinski definition) is 3. The van der Waals surface area contributed by atoms with E-state index in [2.05, 4.69) is 0 Å². The van der Waals surface area contributed by atoms with Crippen molar-refractivity contribution in [1.29, 1.82) is 0 Å². The number of rotatable bonds is 1. The zero-order chi connectivity index (χ0) is 14.5. The third kappa shape index (κ3) is 2.56. The van der Waals surface area contributed by atoms with Crippen molar-refractivity contribution < 1.29 is 44.2 Å². The first-order valence-electron chi connectivity index (χ1n) is 7.18. The summed E-state index contributed by atoms with van der Waals surface area (Å²) in [4.78, 5) is 12.3. The topological polar surface area (TPSA) is 49.4 Å². The van der Waals surface area contributed by atoms with Crippen molar-refractivity contribution in [2.45, 2.75) is 52.1 Å². The van der Waals surface area contributed by atoms with Crippen LogP contribution in [0.3, 0.4) is 0 Å². The van der Waals surface area contributed by atoms with E-state index in [0.717, 1.165) is 35.1 Å². The number of benzene rings is 1. The average molecular weight is 294 g/mol. The van der Waals surface area contributed by atoms with Crippen LogP contribution in [0.4, 0.5) is 0 Å². The van der Waals surface area contributed by atoms with Gasteiger partial charge in [-0.05, 0) is 63.1 Å². The molecule has 1 aliphatic heterocycles. The zero-order valence-corrected chi connectivity index (χ0v) is 15.2. The van der Waals surface area contributed by atoms with Gasteiger partial charge in [0, 0.05) is 0 Å². The minimum absolute atomic E-state index is 0. The van der Waals surface area contributed by atoms with Crippen LogP contribution in [0.15, 0.2) is 17.9 Å². The van der Waals surface area contributed by atoms with Gasteiger partial charge in [-0.3, -0.25) is 0 Å². The molecule has 0 bridgehead atoms. The molecule has 2 aliphatic rings. The molecule has 1 saturated carbocycles. The van der Waals surface area contributed by atoms with Gasteiger partial charge in [-0.2, -0.15) is 0 Å². The van der Waals surface area contributed by atoms with Crippen molar-refractivity contribution >= 4 is 11.5 Å². The fourth-order valence-corrected chi connectivity index (χ4v) is 3.66. The molecular weight excluding hydrogens is 275 g/mol. The van der Waals surface area contributed by atoms with E-state index >= 15 is 0 Å². The number of aryl methyl sites for hydroxylation is 3. The number of esters is 1. The molecule has 106 valence electrons. The van der Waals surface area contributed by atoms with Gasteiger partial charge in [0.2, 0.25) is 0 Å². The first kappa shape index (κ1) is 16.6. The van der Waals surface area contributed by atoms with Crippen molar-refractivity contribution in [1.82, 2.24) is 0 Å². The Labute approximate surface area is 147 Å². The Bertz CT molecular complexity index is 602. The first-order chi connectivity index (χ1) is 9.44. The van der Waals surface area contributed by atoms with Gasteiger partial charge < -0.3 is 9.84 Å². The normalized spacial score (nSPS) is 19.9. The van der Waals surface area contributed by atoms with E-state index in [1.165, 1.54) is 0 Å². The summed E-state index contributed by atoms with van der Waals surface area (Å²) in [6, 6.07) is 4.02. The quantitative estimate of drug-likeness (QED) is 0.521. The van der Waals surface area contributed by atoms with Crippen LogP contribution in [0.25, 0.3) is 5.57 Å². The molecule has 0 atom stereocenters. The molecule has 0 aromatic heterocycles. The molecule has 3 nitrogen and oxygen atoms in total. The van der Waals surface area contributed by atoms with Crippen molar-refractivity contribution in [3.05, 3.63) is 40.1 Å². The van der Waals surface area contributed by atoms with E-state index in [4.69, 9.17) is 4.74 Å². The Hall–Kier alpha value is -0.770. The van der Waals surface area contributed by atoms with Gasteiger partial charge in [0.05, 0.1) is 5.57 Å². The van der Waals surface area contributed by atoms with Crippen LogP contribution in [0.1, 0.15) is 47.9 Å². The van der Waals surface area contributed by atoms with Crippen LogP contribution in [-0.4, -0.2) is 11.6 Å². The van der Waals surface area contributed by atoms with Crippen molar-refractivity contribution in [2.75, 3.05) is 0 Å². The summed E-state index contributed by atoms with van der Waals surface area (Å²) >= 11 is 0. The molecule has 1 heterocycles. The molecule has 1 aromatic rings. The maximum absolute atomic E-state index is 12.7. The molecule has 0 saturated heterocycles. The van der Waals surface area contributed by atoms with Crippen molar-refractivity contribution in [2.24, 2.45) is 0 Å². The largest absolute Gasteiger partial charge is 1.00 e. The predicted molar refractivity (Wildman–Crippen MR) is 74.9 cm³/mol. The number of ether oxygens (including phenoxy) is 1. The first-order valence-corrected chi connectivity index (χ1v) is 7.18. The molecule has 1 aliphatic carbocycles. The molecule has 1 aromatic carbocycles. The fraction of sp³-hybridized carbons (Fsp3) is 0.471. The average Bonchev–Trinajstić information content (AvgIpc) is 2.89.